The third kappa shape index (κ3) is 4.35. The molecule has 0 aliphatic carbocycles. The average Bonchev–Trinajstić information content (AvgIpc) is 3.08. The lowest BCUT2D eigenvalue weighted by atomic mass is 10.1. The molecule has 4 rings (SSSR count). The molecule has 0 spiro atoms. The summed E-state index contributed by atoms with van der Waals surface area (Å²) in [6, 6.07) is 14.8. The van der Waals surface area contributed by atoms with E-state index in [0.29, 0.717) is 37.4 Å². The summed E-state index contributed by atoms with van der Waals surface area (Å²) in [6.45, 7) is 4.42. The Morgan fingerprint density at radius 2 is 1.56 bits per heavy atom. The van der Waals surface area contributed by atoms with Crippen LogP contribution in [0.1, 0.15) is 26.7 Å². The number of hydrogen-bond acceptors (Lipinski definition) is 5. The maximum atomic E-state index is 13.0. The molecular weight excluding hydrogens is 430 g/mol. The molecule has 2 aliphatic rings. The first-order valence-electron chi connectivity index (χ1n) is 10.7. The highest BCUT2D eigenvalue weighted by molar-refractivity contribution is 7.89. The molecule has 8 nitrogen and oxygen atoms in total. The minimum Gasteiger partial charge on any atom is -0.491 e. The van der Waals surface area contributed by atoms with Crippen LogP contribution in [-0.2, 0) is 14.8 Å². The Bertz CT molecular complexity index is 1080. The van der Waals surface area contributed by atoms with E-state index in [1.807, 2.05) is 19.9 Å². The van der Waals surface area contributed by atoms with Gasteiger partial charge in [-0.15, -0.1) is 0 Å². The van der Waals surface area contributed by atoms with Gasteiger partial charge in [-0.2, -0.15) is 4.31 Å². The SMILES string of the molecule is CC(C)Oc1ccc(S(=O)(=O)N2CCC(N3CC(=O)N(c4ccccc4)C3=O)CC2)cc1. The predicted molar refractivity (Wildman–Crippen MR) is 120 cm³/mol. The number of hydrogen-bond donors (Lipinski definition) is 0. The zero-order valence-electron chi connectivity index (χ0n) is 18.2. The standard InChI is InChI=1S/C23H27N3O5S/c1-17(2)31-20-8-10-21(11-9-20)32(29,30)24-14-12-18(13-15-24)25-16-22(27)26(23(25)28)19-6-4-3-5-7-19/h3-11,17-18H,12-16H2,1-2H3. The number of sulfonamides is 1. The summed E-state index contributed by atoms with van der Waals surface area (Å²) in [4.78, 5) is 28.4. The fourth-order valence-corrected chi connectivity index (χ4v) is 5.61. The van der Waals surface area contributed by atoms with Crippen molar-refractivity contribution in [1.82, 2.24) is 9.21 Å². The zero-order valence-corrected chi connectivity index (χ0v) is 19.0. The van der Waals surface area contributed by atoms with Crippen molar-refractivity contribution in [2.75, 3.05) is 24.5 Å². The van der Waals surface area contributed by atoms with E-state index in [1.54, 1.807) is 53.4 Å². The van der Waals surface area contributed by atoms with Crippen molar-refractivity contribution in [3.05, 3.63) is 54.6 Å². The predicted octanol–water partition coefficient (Wildman–Crippen LogP) is 3.10. The van der Waals surface area contributed by atoms with Crippen LogP contribution in [0.4, 0.5) is 10.5 Å². The summed E-state index contributed by atoms with van der Waals surface area (Å²) in [6.07, 6.45) is 0.972. The van der Waals surface area contributed by atoms with Crippen LogP contribution in [0.5, 0.6) is 5.75 Å². The molecule has 0 radical (unpaired) electrons. The number of imide groups is 1. The Morgan fingerprint density at radius 3 is 2.16 bits per heavy atom. The summed E-state index contributed by atoms with van der Waals surface area (Å²) >= 11 is 0. The van der Waals surface area contributed by atoms with Gasteiger partial charge in [0, 0.05) is 19.1 Å². The summed E-state index contributed by atoms with van der Waals surface area (Å²) in [5.41, 5.74) is 0.551. The number of nitrogens with zero attached hydrogens (tertiary/aromatic N) is 3. The maximum Gasteiger partial charge on any atom is 0.332 e. The molecule has 3 amide bonds. The molecule has 0 atom stereocenters. The summed E-state index contributed by atoms with van der Waals surface area (Å²) in [5.74, 6) is 0.359. The molecular formula is C23H27N3O5S. The van der Waals surface area contributed by atoms with E-state index in [2.05, 4.69) is 0 Å². The Labute approximate surface area is 188 Å². The molecule has 0 bridgehead atoms. The van der Waals surface area contributed by atoms with Crippen molar-refractivity contribution in [2.45, 2.75) is 43.7 Å². The van der Waals surface area contributed by atoms with Crippen LogP contribution in [0.15, 0.2) is 59.5 Å². The highest BCUT2D eigenvalue weighted by atomic mass is 32.2. The summed E-state index contributed by atoms with van der Waals surface area (Å²) in [5, 5.41) is 0. The molecule has 32 heavy (non-hydrogen) atoms. The molecule has 9 heteroatoms. The number of carbonyl (C=O) groups excluding carboxylic acids is 2. The van der Waals surface area contributed by atoms with Gasteiger partial charge in [0.1, 0.15) is 12.3 Å². The number of urea groups is 1. The number of amides is 3. The minimum atomic E-state index is -3.64. The van der Waals surface area contributed by atoms with Crippen LogP contribution in [0.3, 0.4) is 0 Å². The van der Waals surface area contributed by atoms with E-state index in [4.69, 9.17) is 4.74 Å². The third-order valence-corrected chi connectivity index (χ3v) is 7.62. The van der Waals surface area contributed by atoms with Gasteiger partial charge < -0.3 is 9.64 Å². The molecule has 0 unspecified atom stereocenters. The molecule has 0 saturated carbocycles. The normalized spacial score (nSPS) is 18.6. The first kappa shape index (κ1) is 22.3. The van der Waals surface area contributed by atoms with Crippen molar-refractivity contribution in [3.63, 3.8) is 0 Å². The number of rotatable bonds is 6. The Morgan fingerprint density at radius 1 is 0.938 bits per heavy atom. The van der Waals surface area contributed by atoms with Crippen molar-refractivity contribution in [2.24, 2.45) is 0 Å². The Kier molecular flexibility index (Phi) is 6.21. The van der Waals surface area contributed by atoms with Crippen LogP contribution < -0.4 is 9.64 Å². The monoisotopic (exact) mass is 457 g/mol. The van der Waals surface area contributed by atoms with E-state index in [-0.39, 0.29) is 35.5 Å². The van der Waals surface area contributed by atoms with Gasteiger partial charge in [0.2, 0.25) is 10.0 Å². The molecule has 2 aliphatic heterocycles. The lowest BCUT2D eigenvalue weighted by Crippen LogP contribution is -2.48. The summed E-state index contributed by atoms with van der Waals surface area (Å²) in [7, 11) is -3.64. The molecule has 0 aromatic heterocycles. The fraction of sp³-hybridized carbons (Fsp3) is 0.391. The molecule has 2 saturated heterocycles. The van der Waals surface area contributed by atoms with Gasteiger partial charge in [-0.25, -0.2) is 18.1 Å². The first-order chi connectivity index (χ1) is 15.3. The second-order valence-corrected chi connectivity index (χ2v) is 10.2. The number of ether oxygens (including phenoxy) is 1. The highest BCUT2D eigenvalue weighted by Crippen LogP contribution is 2.28. The Balaban J connectivity index is 1.41. The van der Waals surface area contributed by atoms with Crippen LogP contribution in [0.2, 0.25) is 0 Å². The second-order valence-electron chi connectivity index (χ2n) is 8.25. The van der Waals surface area contributed by atoms with Gasteiger partial charge in [-0.1, -0.05) is 18.2 Å². The molecule has 2 fully saturated rings. The van der Waals surface area contributed by atoms with Crippen molar-refractivity contribution in [3.8, 4) is 5.75 Å². The van der Waals surface area contributed by atoms with Crippen LogP contribution in [0, 0.1) is 0 Å². The van der Waals surface area contributed by atoms with E-state index >= 15 is 0 Å². The van der Waals surface area contributed by atoms with Crippen molar-refractivity contribution in [1.29, 1.82) is 0 Å². The molecule has 2 heterocycles. The molecule has 0 N–H and O–H groups in total. The minimum absolute atomic E-state index is 0.00878. The zero-order chi connectivity index (χ0) is 22.9. The number of para-hydroxylation sites is 1. The number of piperidine rings is 1. The largest absolute Gasteiger partial charge is 0.491 e. The topological polar surface area (TPSA) is 87.2 Å². The van der Waals surface area contributed by atoms with Crippen molar-refractivity contribution >= 4 is 27.6 Å². The van der Waals surface area contributed by atoms with Gasteiger partial charge in [0.15, 0.2) is 0 Å². The first-order valence-corrected chi connectivity index (χ1v) is 12.2. The third-order valence-electron chi connectivity index (χ3n) is 5.70. The van der Waals surface area contributed by atoms with Crippen molar-refractivity contribution < 1.29 is 22.7 Å². The van der Waals surface area contributed by atoms with Crippen LogP contribution in [0.25, 0.3) is 0 Å². The van der Waals surface area contributed by atoms with E-state index in [1.165, 1.54) is 9.21 Å². The number of anilines is 1. The van der Waals surface area contributed by atoms with Crippen LogP contribution >= 0.6 is 0 Å². The van der Waals surface area contributed by atoms with Gasteiger partial charge in [0.05, 0.1) is 16.7 Å². The van der Waals surface area contributed by atoms with E-state index < -0.39 is 10.0 Å². The maximum absolute atomic E-state index is 13.0. The Hall–Kier alpha value is -2.91. The molecule has 2 aromatic rings. The quantitative estimate of drug-likeness (QED) is 0.622. The highest BCUT2D eigenvalue weighted by Gasteiger charge is 2.42. The van der Waals surface area contributed by atoms with E-state index in [0.717, 1.165) is 0 Å². The smallest absolute Gasteiger partial charge is 0.332 e. The van der Waals surface area contributed by atoms with Gasteiger partial charge in [-0.05, 0) is 63.1 Å². The van der Waals surface area contributed by atoms with Gasteiger partial charge in [0.25, 0.3) is 5.91 Å². The van der Waals surface area contributed by atoms with Gasteiger partial charge >= 0.3 is 6.03 Å². The van der Waals surface area contributed by atoms with Crippen LogP contribution in [-0.4, -0.2) is 61.3 Å². The molecule has 170 valence electrons. The lowest BCUT2D eigenvalue weighted by molar-refractivity contribution is -0.116. The lowest BCUT2D eigenvalue weighted by Gasteiger charge is -2.35. The number of benzene rings is 2. The molecule has 2 aromatic carbocycles. The average molecular weight is 458 g/mol. The van der Waals surface area contributed by atoms with Gasteiger partial charge in [-0.3, -0.25) is 4.79 Å². The number of carbonyl (C=O) groups is 2. The second kappa shape index (κ2) is 8.91. The summed E-state index contributed by atoms with van der Waals surface area (Å²) < 4.78 is 33.1. The fourth-order valence-electron chi connectivity index (χ4n) is 4.14. The van der Waals surface area contributed by atoms with E-state index in [9.17, 15) is 18.0 Å².